The maximum atomic E-state index is 5.40. The van der Waals surface area contributed by atoms with Crippen LogP contribution in [0.4, 0.5) is 5.69 Å². The van der Waals surface area contributed by atoms with Crippen LogP contribution in [0.1, 0.15) is 5.56 Å². The summed E-state index contributed by atoms with van der Waals surface area (Å²) in [4.78, 5) is 0. The van der Waals surface area contributed by atoms with E-state index in [-0.39, 0.29) is 0 Å². The lowest BCUT2D eigenvalue weighted by Crippen LogP contribution is -1.99. The molecular formula is C11H14N2O2. The number of methoxy groups -OCH3 is 1. The molecule has 2 rings (SSSR count). The van der Waals surface area contributed by atoms with Gasteiger partial charge < -0.3 is 20.1 Å². The van der Waals surface area contributed by atoms with Gasteiger partial charge in [0.2, 0.25) is 0 Å². The van der Waals surface area contributed by atoms with E-state index in [9.17, 15) is 0 Å². The average Bonchev–Trinajstić information content (AvgIpc) is 2.81. The van der Waals surface area contributed by atoms with Gasteiger partial charge in [-0.05, 0) is 12.1 Å². The number of nitrogens with one attached hydrogen (secondary N) is 2. The third-order valence-corrected chi connectivity index (χ3v) is 2.30. The summed E-state index contributed by atoms with van der Waals surface area (Å²) in [7, 11) is 3.53. The summed E-state index contributed by atoms with van der Waals surface area (Å²) in [5.74, 6) is 1.62. The molecule has 1 aromatic carbocycles. The van der Waals surface area contributed by atoms with Crippen LogP contribution in [0.15, 0.2) is 24.4 Å². The molecule has 15 heavy (non-hydrogen) atoms. The zero-order chi connectivity index (χ0) is 10.7. The fraction of sp³-hybridized carbons (Fsp3) is 0.273. The van der Waals surface area contributed by atoms with Gasteiger partial charge in [0.1, 0.15) is 11.5 Å². The Labute approximate surface area is 88.9 Å². The molecule has 0 bridgehead atoms. The van der Waals surface area contributed by atoms with Gasteiger partial charge in [0.05, 0.1) is 12.7 Å². The van der Waals surface area contributed by atoms with Gasteiger partial charge in [-0.3, -0.25) is 0 Å². The van der Waals surface area contributed by atoms with Crippen LogP contribution < -0.4 is 15.4 Å². The second-order valence-corrected chi connectivity index (χ2v) is 3.17. The molecule has 0 spiro atoms. The zero-order valence-electron chi connectivity index (χ0n) is 8.83. The first-order chi connectivity index (χ1) is 7.35. The number of anilines is 1. The molecule has 1 aromatic rings. The Balaban J connectivity index is 2.38. The smallest absolute Gasteiger partial charge is 0.158 e. The Bertz CT molecular complexity index is 388. The Morgan fingerprint density at radius 3 is 2.93 bits per heavy atom. The van der Waals surface area contributed by atoms with E-state index >= 15 is 0 Å². The number of hydrogen-bond donors (Lipinski definition) is 2. The van der Waals surface area contributed by atoms with Crippen LogP contribution in [0.3, 0.4) is 0 Å². The molecule has 0 amide bonds. The van der Waals surface area contributed by atoms with E-state index in [0.717, 1.165) is 22.8 Å². The average molecular weight is 206 g/mol. The summed E-state index contributed by atoms with van der Waals surface area (Å²) in [5.41, 5.74) is 1.98. The van der Waals surface area contributed by atoms with Crippen LogP contribution in [0.2, 0.25) is 0 Å². The highest BCUT2D eigenvalue weighted by Gasteiger charge is 2.13. The van der Waals surface area contributed by atoms with Crippen LogP contribution in [-0.2, 0) is 4.74 Å². The largest absolute Gasteiger partial charge is 0.496 e. The van der Waals surface area contributed by atoms with Gasteiger partial charge in [-0.2, -0.15) is 0 Å². The molecule has 4 nitrogen and oxygen atoms in total. The van der Waals surface area contributed by atoms with Gasteiger partial charge in [0.15, 0.2) is 6.73 Å². The van der Waals surface area contributed by atoms with Gasteiger partial charge in [0, 0.05) is 25.0 Å². The highest BCUT2D eigenvalue weighted by atomic mass is 16.5. The van der Waals surface area contributed by atoms with Crippen molar-refractivity contribution in [2.24, 2.45) is 0 Å². The molecular weight excluding hydrogens is 192 g/mol. The first kappa shape index (κ1) is 9.71. The summed E-state index contributed by atoms with van der Waals surface area (Å²) in [6.07, 6.45) is 1.84. The van der Waals surface area contributed by atoms with Crippen molar-refractivity contribution in [2.75, 3.05) is 26.2 Å². The molecule has 1 heterocycles. The van der Waals surface area contributed by atoms with Gasteiger partial charge in [-0.25, -0.2) is 0 Å². The predicted molar refractivity (Wildman–Crippen MR) is 59.6 cm³/mol. The maximum absolute atomic E-state index is 5.40. The lowest BCUT2D eigenvalue weighted by molar-refractivity contribution is 0.289. The number of rotatable bonds is 3. The van der Waals surface area contributed by atoms with E-state index in [1.165, 1.54) is 0 Å². The van der Waals surface area contributed by atoms with Crippen molar-refractivity contribution in [2.45, 2.75) is 0 Å². The molecule has 80 valence electrons. The summed E-state index contributed by atoms with van der Waals surface area (Å²) >= 11 is 0. The summed E-state index contributed by atoms with van der Waals surface area (Å²) in [6, 6.07) is 5.90. The van der Waals surface area contributed by atoms with Crippen molar-refractivity contribution >= 4 is 11.4 Å². The van der Waals surface area contributed by atoms with Crippen molar-refractivity contribution in [1.29, 1.82) is 0 Å². The number of benzene rings is 1. The van der Waals surface area contributed by atoms with Gasteiger partial charge in [-0.1, -0.05) is 0 Å². The Morgan fingerprint density at radius 2 is 2.33 bits per heavy atom. The fourth-order valence-corrected chi connectivity index (χ4v) is 1.50. The first-order valence-electron chi connectivity index (χ1n) is 4.77. The predicted octanol–water partition coefficient (Wildman–Crippen LogP) is 1.61. The number of hydrogen-bond acceptors (Lipinski definition) is 4. The minimum absolute atomic E-state index is 0.520. The minimum atomic E-state index is 0.520. The second kappa shape index (κ2) is 4.13. The van der Waals surface area contributed by atoms with Crippen molar-refractivity contribution < 1.29 is 9.47 Å². The molecule has 0 atom stereocenters. The second-order valence-electron chi connectivity index (χ2n) is 3.17. The third kappa shape index (κ3) is 1.83. The minimum Gasteiger partial charge on any atom is -0.496 e. The molecule has 0 saturated carbocycles. The molecule has 4 heteroatoms. The van der Waals surface area contributed by atoms with Gasteiger partial charge in [0.25, 0.3) is 0 Å². The lowest BCUT2D eigenvalue weighted by Gasteiger charge is -2.10. The topological polar surface area (TPSA) is 42.5 Å². The van der Waals surface area contributed by atoms with Crippen LogP contribution >= 0.6 is 0 Å². The van der Waals surface area contributed by atoms with Crippen LogP contribution in [0, 0.1) is 0 Å². The molecule has 2 N–H and O–H groups in total. The quantitative estimate of drug-likeness (QED) is 0.788. The van der Waals surface area contributed by atoms with Crippen molar-refractivity contribution in [3.8, 4) is 5.75 Å². The van der Waals surface area contributed by atoms with Gasteiger partial charge in [-0.15, -0.1) is 0 Å². The van der Waals surface area contributed by atoms with E-state index in [1.807, 2.05) is 31.4 Å². The van der Waals surface area contributed by atoms with Crippen molar-refractivity contribution in [1.82, 2.24) is 5.32 Å². The SMILES string of the molecule is CNc1ccc(C2=CNCO2)c(OC)c1. The van der Waals surface area contributed by atoms with Crippen LogP contribution in [0.5, 0.6) is 5.75 Å². The molecule has 1 aliphatic heterocycles. The van der Waals surface area contributed by atoms with Gasteiger partial charge >= 0.3 is 0 Å². The van der Waals surface area contributed by atoms with E-state index in [2.05, 4.69) is 10.6 Å². The Morgan fingerprint density at radius 1 is 1.47 bits per heavy atom. The van der Waals surface area contributed by atoms with Crippen molar-refractivity contribution in [3.63, 3.8) is 0 Å². The standard InChI is InChI=1S/C11H14N2O2/c1-12-8-3-4-9(10(5-8)14-2)11-6-13-7-15-11/h3-6,12-13H,7H2,1-2H3. The first-order valence-corrected chi connectivity index (χ1v) is 4.77. The molecule has 0 aliphatic carbocycles. The van der Waals surface area contributed by atoms with E-state index < -0.39 is 0 Å². The molecule has 0 saturated heterocycles. The molecule has 0 unspecified atom stereocenters. The van der Waals surface area contributed by atoms with Crippen LogP contribution in [0.25, 0.3) is 5.76 Å². The highest BCUT2D eigenvalue weighted by Crippen LogP contribution is 2.30. The summed E-state index contributed by atoms with van der Waals surface area (Å²) in [6.45, 7) is 0.520. The Hall–Kier alpha value is -1.84. The van der Waals surface area contributed by atoms with E-state index in [0.29, 0.717) is 6.73 Å². The lowest BCUT2D eigenvalue weighted by atomic mass is 10.1. The zero-order valence-corrected chi connectivity index (χ0v) is 8.83. The summed E-state index contributed by atoms with van der Waals surface area (Å²) in [5, 5.41) is 6.06. The molecule has 1 aliphatic rings. The normalized spacial score (nSPS) is 13.9. The van der Waals surface area contributed by atoms with Crippen LogP contribution in [-0.4, -0.2) is 20.9 Å². The molecule has 0 radical (unpaired) electrons. The maximum Gasteiger partial charge on any atom is 0.158 e. The van der Waals surface area contributed by atoms with Crippen molar-refractivity contribution in [3.05, 3.63) is 30.0 Å². The monoisotopic (exact) mass is 206 g/mol. The number of ether oxygens (including phenoxy) is 2. The van der Waals surface area contributed by atoms with E-state index in [1.54, 1.807) is 7.11 Å². The molecule has 0 aromatic heterocycles. The van der Waals surface area contributed by atoms with E-state index in [4.69, 9.17) is 9.47 Å². The third-order valence-electron chi connectivity index (χ3n) is 2.30. The summed E-state index contributed by atoms with van der Waals surface area (Å²) < 4.78 is 10.7. The fourth-order valence-electron chi connectivity index (χ4n) is 1.50. The highest BCUT2D eigenvalue weighted by molar-refractivity contribution is 5.69. The Kier molecular flexibility index (Phi) is 2.67. The molecule has 0 fully saturated rings.